The Balaban J connectivity index is 1.58. The van der Waals surface area contributed by atoms with E-state index in [-0.39, 0.29) is 6.04 Å². The third-order valence-corrected chi connectivity index (χ3v) is 5.46. The van der Waals surface area contributed by atoms with Gasteiger partial charge >= 0.3 is 0 Å². The summed E-state index contributed by atoms with van der Waals surface area (Å²) in [5.74, 6) is -4.64. The van der Waals surface area contributed by atoms with E-state index in [9.17, 15) is 13.6 Å². The number of alkyl halides is 2. The second kappa shape index (κ2) is 5.93. The maximum atomic E-state index is 13.7. The van der Waals surface area contributed by atoms with E-state index in [1.807, 2.05) is 30.3 Å². The molecule has 3 atom stereocenters. The van der Waals surface area contributed by atoms with Gasteiger partial charge in [-0.3, -0.25) is 4.79 Å². The molecule has 25 heavy (non-hydrogen) atoms. The van der Waals surface area contributed by atoms with E-state index < -0.39 is 23.7 Å². The Kier molecular flexibility index (Phi) is 3.85. The molecule has 2 fully saturated rings. The molecule has 0 spiro atoms. The van der Waals surface area contributed by atoms with Gasteiger partial charge < -0.3 is 9.88 Å². The second-order valence-electron chi connectivity index (χ2n) is 7.03. The number of carbonyl (C=O) groups excluding carboxylic acids is 1. The highest BCUT2D eigenvalue weighted by Gasteiger charge is 2.70. The number of aromatic amines is 1. The molecule has 1 amide bonds. The fourth-order valence-electron chi connectivity index (χ4n) is 3.79. The summed E-state index contributed by atoms with van der Waals surface area (Å²) < 4.78 is 27.4. The quantitative estimate of drug-likeness (QED) is 0.913. The minimum absolute atomic E-state index is 0.248. The zero-order chi connectivity index (χ0) is 17.6. The van der Waals surface area contributed by atoms with Crippen LogP contribution in [0.3, 0.4) is 0 Å². The molecule has 2 aliphatic rings. The lowest BCUT2D eigenvalue weighted by Crippen LogP contribution is -2.40. The average molecular weight is 345 g/mol. The topological polar surface area (TPSA) is 49.0 Å². The van der Waals surface area contributed by atoms with Crippen LogP contribution in [0.15, 0.2) is 36.5 Å². The highest BCUT2D eigenvalue weighted by Crippen LogP contribution is 2.56. The number of rotatable bonds is 3. The number of benzene rings is 1. The lowest BCUT2D eigenvalue weighted by atomic mass is 10.0. The molecule has 1 saturated carbocycles. The lowest BCUT2D eigenvalue weighted by molar-refractivity contribution is -0.139. The van der Waals surface area contributed by atoms with Gasteiger partial charge in [-0.05, 0) is 24.8 Å². The summed E-state index contributed by atoms with van der Waals surface area (Å²) in [6, 6.07) is 9.55. The van der Waals surface area contributed by atoms with Crippen molar-refractivity contribution in [1.29, 1.82) is 0 Å². The largest absolute Gasteiger partial charge is 0.340 e. The number of amides is 1. The molecule has 4 nitrogen and oxygen atoms in total. The molecular formula is C19H21F2N3O. The van der Waals surface area contributed by atoms with E-state index in [0.717, 1.165) is 30.5 Å². The number of imidazole rings is 1. The lowest BCUT2D eigenvalue weighted by Gasteiger charge is -2.34. The van der Waals surface area contributed by atoms with Gasteiger partial charge in [0.2, 0.25) is 5.91 Å². The number of likely N-dealkylation sites (tertiary alicyclic amines) is 1. The van der Waals surface area contributed by atoms with Crippen molar-refractivity contribution < 1.29 is 13.6 Å². The molecule has 2 heterocycles. The van der Waals surface area contributed by atoms with Gasteiger partial charge in [0.1, 0.15) is 11.7 Å². The van der Waals surface area contributed by atoms with Gasteiger partial charge in [-0.2, -0.15) is 0 Å². The molecule has 4 rings (SSSR count). The van der Waals surface area contributed by atoms with Gasteiger partial charge in [0, 0.05) is 12.5 Å². The highest BCUT2D eigenvalue weighted by atomic mass is 19.3. The van der Waals surface area contributed by atoms with Crippen molar-refractivity contribution in [3.8, 4) is 11.3 Å². The third-order valence-electron chi connectivity index (χ3n) is 5.46. The summed E-state index contributed by atoms with van der Waals surface area (Å²) >= 11 is 0. The molecule has 1 aromatic carbocycles. The van der Waals surface area contributed by atoms with Gasteiger partial charge in [0.05, 0.1) is 17.9 Å². The Labute approximate surface area is 145 Å². The van der Waals surface area contributed by atoms with E-state index in [0.29, 0.717) is 12.4 Å². The van der Waals surface area contributed by atoms with Crippen LogP contribution in [-0.2, 0) is 4.79 Å². The molecule has 0 bridgehead atoms. The van der Waals surface area contributed by atoms with Crippen molar-refractivity contribution in [1.82, 2.24) is 14.9 Å². The molecular weight excluding hydrogens is 324 g/mol. The van der Waals surface area contributed by atoms with E-state index in [1.165, 1.54) is 6.92 Å². The number of piperidine rings is 1. The van der Waals surface area contributed by atoms with Crippen LogP contribution < -0.4 is 0 Å². The third kappa shape index (κ3) is 2.73. The van der Waals surface area contributed by atoms with Crippen LogP contribution in [-0.4, -0.2) is 33.2 Å². The van der Waals surface area contributed by atoms with Crippen molar-refractivity contribution in [2.45, 2.75) is 38.2 Å². The van der Waals surface area contributed by atoms with E-state index >= 15 is 0 Å². The first kappa shape index (κ1) is 16.2. The van der Waals surface area contributed by atoms with Crippen molar-refractivity contribution >= 4 is 5.91 Å². The smallest absolute Gasteiger partial charge is 0.263 e. The summed E-state index contributed by atoms with van der Waals surface area (Å²) in [5.41, 5.74) is 1.89. The first-order chi connectivity index (χ1) is 12.0. The molecule has 1 aliphatic heterocycles. The fraction of sp³-hybridized carbons (Fsp3) is 0.474. The average Bonchev–Trinajstić information content (AvgIpc) is 2.99. The molecule has 132 valence electrons. The molecule has 0 radical (unpaired) electrons. The predicted octanol–water partition coefficient (Wildman–Crippen LogP) is 4.03. The Bertz CT molecular complexity index is 774. The number of carbonyl (C=O) groups is 1. The fourth-order valence-corrected chi connectivity index (χ4v) is 3.79. The number of aromatic nitrogens is 2. The van der Waals surface area contributed by atoms with Crippen LogP contribution in [0.4, 0.5) is 8.78 Å². The number of halogens is 2. The predicted molar refractivity (Wildman–Crippen MR) is 89.9 cm³/mol. The number of nitrogens with zero attached hydrogens (tertiary/aromatic N) is 2. The summed E-state index contributed by atoms with van der Waals surface area (Å²) in [7, 11) is 0. The van der Waals surface area contributed by atoms with Crippen LogP contribution >= 0.6 is 0 Å². The first-order valence-corrected chi connectivity index (χ1v) is 8.78. The van der Waals surface area contributed by atoms with Gasteiger partial charge in [-0.1, -0.05) is 37.3 Å². The summed E-state index contributed by atoms with van der Waals surface area (Å²) in [4.78, 5) is 22.0. The molecule has 1 aromatic heterocycles. The zero-order valence-electron chi connectivity index (χ0n) is 14.1. The molecule has 6 heteroatoms. The molecule has 2 aromatic rings. The Morgan fingerprint density at radius 3 is 2.68 bits per heavy atom. The van der Waals surface area contributed by atoms with Crippen LogP contribution in [0.5, 0.6) is 0 Å². The zero-order valence-corrected chi connectivity index (χ0v) is 14.1. The number of hydrogen-bond donors (Lipinski definition) is 1. The SMILES string of the molecule is C[C@@H]1[C@@H](C(=O)N2CCCC[C@H]2c2ncc(-c3ccccc3)[nH]2)C1(F)F. The van der Waals surface area contributed by atoms with Crippen molar-refractivity contribution in [3.63, 3.8) is 0 Å². The highest BCUT2D eigenvalue weighted by molar-refractivity contribution is 5.84. The Hall–Kier alpha value is -2.24. The minimum Gasteiger partial charge on any atom is -0.340 e. The standard InChI is InChI=1S/C19H21F2N3O/c1-12-16(19(12,20)21)18(25)24-10-6-5-9-15(24)17-22-11-14(23-17)13-7-3-2-4-8-13/h2-4,7-8,11-12,15-16H,5-6,9-10H2,1H3,(H,22,23)/t12-,15+,16+/m1/s1. The summed E-state index contributed by atoms with van der Waals surface area (Å²) in [5, 5.41) is 0. The minimum atomic E-state index is -2.86. The van der Waals surface area contributed by atoms with E-state index in [4.69, 9.17) is 0 Å². The van der Waals surface area contributed by atoms with Gasteiger partial charge in [-0.25, -0.2) is 13.8 Å². The van der Waals surface area contributed by atoms with Gasteiger partial charge in [0.25, 0.3) is 5.92 Å². The maximum absolute atomic E-state index is 13.7. The van der Waals surface area contributed by atoms with E-state index in [2.05, 4.69) is 9.97 Å². The van der Waals surface area contributed by atoms with Crippen LogP contribution in [0.1, 0.15) is 38.1 Å². The van der Waals surface area contributed by atoms with Crippen molar-refractivity contribution in [3.05, 3.63) is 42.4 Å². The van der Waals surface area contributed by atoms with Crippen LogP contribution in [0, 0.1) is 11.8 Å². The van der Waals surface area contributed by atoms with E-state index in [1.54, 1.807) is 11.1 Å². The van der Waals surface area contributed by atoms with Crippen molar-refractivity contribution in [2.24, 2.45) is 11.8 Å². The molecule has 1 N–H and O–H groups in total. The van der Waals surface area contributed by atoms with Crippen LogP contribution in [0.2, 0.25) is 0 Å². The van der Waals surface area contributed by atoms with Gasteiger partial charge in [-0.15, -0.1) is 0 Å². The monoisotopic (exact) mass is 345 g/mol. The Morgan fingerprint density at radius 2 is 2.00 bits per heavy atom. The Morgan fingerprint density at radius 1 is 1.28 bits per heavy atom. The number of nitrogens with one attached hydrogen (secondary N) is 1. The summed E-state index contributed by atoms with van der Waals surface area (Å²) in [6.45, 7) is 1.96. The molecule has 1 saturated heterocycles. The first-order valence-electron chi connectivity index (χ1n) is 8.78. The molecule has 0 unspecified atom stereocenters. The van der Waals surface area contributed by atoms with Gasteiger partial charge in [0.15, 0.2) is 0 Å². The van der Waals surface area contributed by atoms with Crippen molar-refractivity contribution in [2.75, 3.05) is 6.54 Å². The molecule has 1 aliphatic carbocycles. The number of hydrogen-bond acceptors (Lipinski definition) is 2. The maximum Gasteiger partial charge on any atom is 0.263 e. The number of H-pyrrole nitrogens is 1. The summed E-state index contributed by atoms with van der Waals surface area (Å²) in [6.07, 6.45) is 4.31. The normalized spacial score (nSPS) is 28.0. The van der Waals surface area contributed by atoms with Crippen LogP contribution in [0.25, 0.3) is 11.3 Å². The second-order valence-corrected chi connectivity index (χ2v) is 7.03.